The number of nitrogens with zero attached hydrogens (tertiary/aromatic N) is 3. The molecule has 3 N–H and O–H groups in total. The maximum Gasteiger partial charge on any atom is 0.248 e. The number of unbranched alkanes of at least 4 members (excludes halogenated alkanes) is 1. The van der Waals surface area contributed by atoms with Crippen LogP contribution in [0.25, 0.3) is 0 Å². The van der Waals surface area contributed by atoms with Crippen LogP contribution in [0.15, 0.2) is 40.7 Å². The SMILES string of the molecule is CCCCSc1nc2n(n1)C(c1ccccc1OCC)C(C(N)=O)=C(C)N2. The summed E-state index contributed by atoms with van der Waals surface area (Å²) in [6.07, 6.45) is 2.22. The number of hydrogen-bond acceptors (Lipinski definition) is 6. The molecular formula is C19H25N5O2S. The Balaban J connectivity index is 2.08. The van der Waals surface area contributed by atoms with Gasteiger partial charge in [0.25, 0.3) is 0 Å². The van der Waals surface area contributed by atoms with Crippen molar-refractivity contribution in [2.75, 3.05) is 17.7 Å². The number of nitrogens with two attached hydrogens (primary N) is 1. The zero-order valence-electron chi connectivity index (χ0n) is 15.9. The molecule has 1 atom stereocenters. The number of thioether (sulfide) groups is 1. The van der Waals surface area contributed by atoms with Crippen LogP contribution in [0.1, 0.15) is 45.2 Å². The van der Waals surface area contributed by atoms with Gasteiger partial charge in [0, 0.05) is 17.0 Å². The minimum Gasteiger partial charge on any atom is -0.494 e. The van der Waals surface area contributed by atoms with E-state index in [9.17, 15) is 4.79 Å². The Bertz CT molecular complexity index is 862. The monoisotopic (exact) mass is 387 g/mol. The fraction of sp³-hybridized carbons (Fsp3) is 0.421. The number of hydrogen-bond donors (Lipinski definition) is 2. The minimum atomic E-state index is -0.488. The molecule has 0 bridgehead atoms. The number of para-hydroxylation sites is 1. The third-order valence-electron chi connectivity index (χ3n) is 4.34. The predicted molar refractivity (Wildman–Crippen MR) is 107 cm³/mol. The second-order valence-corrected chi connectivity index (χ2v) is 7.33. The van der Waals surface area contributed by atoms with E-state index in [1.807, 2.05) is 38.1 Å². The quantitative estimate of drug-likeness (QED) is 0.533. The number of benzene rings is 1. The van der Waals surface area contributed by atoms with Gasteiger partial charge in [0.1, 0.15) is 11.8 Å². The van der Waals surface area contributed by atoms with Crippen LogP contribution in [-0.2, 0) is 4.79 Å². The van der Waals surface area contributed by atoms with E-state index in [0.717, 1.165) is 24.2 Å². The van der Waals surface area contributed by atoms with Crippen LogP contribution in [0, 0.1) is 0 Å². The summed E-state index contributed by atoms with van der Waals surface area (Å²) in [7, 11) is 0. The van der Waals surface area contributed by atoms with Gasteiger partial charge >= 0.3 is 0 Å². The first kappa shape index (κ1) is 19.3. The summed E-state index contributed by atoms with van der Waals surface area (Å²) in [5, 5.41) is 8.51. The lowest BCUT2D eigenvalue weighted by Crippen LogP contribution is -2.32. The molecule has 0 spiro atoms. The lowest BCUT2D eigenvalue weighted by Gasteiger charge is -2.28. The van der Waals surface area contributed by atoms with Crippen LogP contribution in [0.4, 0.5) is 5.95 Å². The van der Waals surface area contributed by atoms with Crippen molar-refractivity contribution in [3.8, 4) is 5.75 Å². The van der Waals surface area contributed by atoms with Gasteiger partial charge in [0.05, 0.1) is 12.2 Å². The molecule has 0 radical (unpaired) electrons. The Morgan fingerprint density at radius 1 is 1.37 bits per heavy atom. The number of anilines is 1. The van der Waals surface area contributed by atoms with Gasteiger partial charge < -0.3 is 15.8 Å². The summed E-state index contributed by atoms with van der Waals surface area (Å²) in [4.78, 5) is 16.9. The highest BCUT2D eigenvalue weighted by atomic mass is 32.2. The molecule has 2 aromatic rings. The van der Waals surface area contributed by atoms with Crippen LogP contribution in [0.5, 0.6) is 5.75 Å². The minimum absolute atomic E-state index is 0.463. The Hall–Kier alpha value is -2.48. The highest BCUT2D eigenvalue weighted by molar-refractivity contribution is 7.99. The molecule has 0 saturated heterocycles. The summed E-state index contributed by atoms with van der Waals surface area (Å²) in [6, 6.07) is 7.18. The number of aromatic nitrogens is 3. The first-order valence-corrected chi connectivity index (χ1v) is 10.1. The lowest BCUT2D eigenvalue weighted by molar-refractivity contribution is -0.115. The fourth-order valence-corrected chi connectivity index (χ4v) is 4.01. The number of allylic oxidation sites excluding steroid dienone is 1. The largest absolute Gasteiger partial charge is 0.494 e. The Kier molecular flexibility index (Phi) is 6.05. The summed E-state index contributed by atoms with van der Waals surface area (Å²) in [6.45, 7) is 6.44. The highest BCUT2D eigenvalue weighted by Gasteiger charge is 2.34. The first-order chi connectivity index (χ1) is 13.1. The number of amides is 1. The summed E-state index contributed by atoms with van der Waals surface area (Å²) in [5.74, 6) is 1.78. The van der Waals surface area contributed by atoms with Gasteiger partial charge in [-0.05, 0) is 26.3 Å². The second kappa shape index (κ2) is 8.47. The molecule has 2 heterocycles. The van der Waals surface area contributed by atoms with E-state index in [1.54, 1.807) is 16.4 Å². The molecule has 0 saturated carbocycles. The number of ether oxygens (including phenoxy) is 1. The van der Waals surface area contributed by atoms with Crippen LogP contribution >= 0.6 is 11.8 Å². The number of carbonyl (C=O) groups excluding carboxylic acids is 1. The van der Waals surface area contributed by atoms with E-state index in [4.69, 9.17) is 10.5 Å². The van der Waals surface area contributed by atoms with Crippen LogP contribution in [-0.4, -0.2) is 33.0 Å². The molecule has 1 aliphatic heterocycles. The second-order valence-electron chi connectivity index (χ2n) is 6.27. The van der Waals surface area contributed by atoms with Crippen molar-refractivity contribution in [1.29, 1.82) is 0 Å². The van der Waals surface area contributed by atoms with E-state index < -0.39 is 11.9 Å². The molecule has 1 amide bonds. The zero-order valence-corrected chi connectivity index (χ0v) is 16.7. The maximum absolute atomic E-state index is 12.3. The van der Waals surface area contributed by atoms with E-state index in [0.29, 0.717) is 34.7 Å². The zero-order chi connectivity index (χ0) is 19.4. The average Bonchev–Trinajstić information content (AvgIpc) is 3.03. The standard InChI is InChI=1S/C19H25N5O2S/c1-4-6-11-27-19-22-18-21-12(3)15(17(20)25)16(24(18)23-19)13-9-7-8-10-14(13)26-5-2/h7-10,16H,4-6,11H2,1-3H3,(H2,20,25)(H,21,22,23). The molecular weight excluding hydrogens is 362 g/mol. The number of carbonyl (C=O) groups is 1. The Morgan fingerprint density at radius 3 is 2.85 bits per heavy atom. The van der Waals surface area contributed by atoms with Gasteiger partial charge in [0.15, 0.2) is 0 Å². The van der Waals surface area contributed by atoms with Gasteiger partial charge in [-0.15, -0.1) is 5.10 Å². The van der Waals surface area contributed by atoms with Crippen molar-refractivity contribution in [3.63, 3.8) is 0 Å². The molecule has 0 aliphatic carbocycles. The van der Waals surface area contributed by atoms with Crippen molar-refractivity contribution in [1.82, 2.24) is 14.8 Å². The topological polar surface area (TPSA) is 95.1 Å². The van der Waals surface area contributed by atoms with E-state index in [-0.39, 0.29) is 0 Å². The van der Waals surface area contributed by atoms with E-state index >= 15 is 0 Å². The fourth-order valence-electron chi connectivity index (χ4n) is 3.10. The van der Waals surface area contributed by atoms with Crippen LogP contribution in [0.3, 0.4) is 0 Å². The van der Waals surface area contributed by atoms with Crippen molar-refractivity contribution in [2.45, 2.75) is 44.8 Å². The molecule has 0 fully saturated rings. The number of rotatable bonds is 8. The van der Waals surface area contributed by atoms with Gasteiger partial charge in [0.2, 0.25) is 17.0 Å². The molecule has 144 valence electrons. The van der Waals surface area contributed by atoms with Crippen LogP contribution in [0.2, 0.25) is 0 Å². The molecule has 1 unspecified atom stereocenters. The summed E-state index contributed by atoms with van der Waals surface area (Å²) < 4.78 is 7.53. The third-order valence-corrected chi connectivity index (χ3v) is 5.27. The Morgan fingerprint density at radius 2 is 2.15 bits per heavy atom. The molecule has 27 heavy (non-hydrogen) atoms. The molecule has 1 aromatic heterocycles. The number of primary amides is 1. The number of nitrogens with one attached hydrogen (secondary N) is 1. The number of fused-ring (bicyclic) bond motifs is 1. The van der Waals surface area contributed by atoms with E-state index in [1.165, 1.54) is 0 Å². The molecule has 8 heteroatoms. The van der Waals surface area contributed by atoms with Gasteiger partial charge in [-0.2, -0.15) is 4.98 Å². The van der Waals surface area contributed by atoms with Crippen molar-refractivity contribution >= 4 is 23.6 Å². The van der Waals surface area contributed by atoms with E-state index in [2.05, 4.69) is 22.3 Å². The smallest absolute Gasteiger partial charge is 0.248 e. The van der Waals surface area contributed by atoms with Gasteiger partial charge in [-0.1, -0.05) is 43.3 Å². The van der Waals surface area contributed by atoms with Crippen molar-refractivity contribution in [3.05, 3.63) is 41.1 Å². The molecule has 3 rings (SSSR count). The van der Waals surface area contributed by atoms with Gasteiger partial charge in [-0.25, -0.2) is 4.68 Å². The molecule has 1 aliphatic rings. The van der Waals surface area contributed by atoms with Crippen molar-refractivity contribution in [2.24, 2.45) is 5.73 Å². The third kappa shape index (κ3) is 3.95. The normalized spacial score (nSPS) is 16.0. The highest BCUT2D eigenvalue weighted by Crippen LogP contribution is 2.39. The summed E-state index contributed by atoms with van der Waals surface area (Å²) in [5.41, 5.74) is 7.71. The van der Waals surface area contributed by atoms with Gasteiger partial charge in [-0.3, -0.25) is 4.79 Å². The predicted octanol–water partition coefficient (Wildman–Crippen LogP) is 3.34. The lowest BCUT2D eigenvalue weighted by atomic mass is 9.94. The maximum atomic E-state index is 12.3. The summed E-state index contributed by atoms with van der Waals surface area (Å²) >= 11 is 1.61. The van der Waals surface area contributed by atoms with Crippen LogP contribution < -0.4 is 15.8 Å². The average molecular weight is 388 g/mol. The molecule has 7 nitrogen and oxygen atoms in total. The van der Waals surface area contributed by atoms with Crippen molar-refractivity contribution < 1.29 is 9.53 Å². The molecule has 1 aromatic carbocycles. The Labute approximate surface area is 163 Å². The first-order valence-electron chi connectivity index (χ1n) is 9.15.